The fourth-order valence-corrected chi connectivity index (χ4v) is 1.65. The van der Waals surface area contributed by atoms with Crippen LogP contribution in [0.3, 0.4) is 0 Å². The number of aromatic nitrogens is 3. The third-order valence-corrected chi connectivity index (χ3v) is 2.42. The van der Waals surface area contributed by atoms with Gasteiger partial charge < -0.3 is 5.11 Å². The van der Waals surface area contributed by atoms with E-state index in [0.29, 0.717) is 16.9 Å². The van der Waals surface area contributed by atoms with E-state index in [1.165, 1.54) is 28.9 Å². The van der Waals surface area contributed by atoms with Crippen LogP contribution >= 0.6 is 0 Å². The van der Waals surface area contributed by atoms with Crippen molar-refractivity contribution in [2.24, 2.45) is 0 Å². The Kier molecular flexibility index (Phi) is 2.04. The molecule has 3 rings (SSSR count). The first-order valence-electron chi connectivity index (χ1n) is 5.02. The van der Waals surface area contributed by atoms with E-state index in [4.69, 9.17) is 0 Å². The zero-order valence-electron chi connectivity index (χ0n) is 8.67. The van der Waals surface area contributed by atoms with Crippen LogP contribution in [0.25, 0.3) is 16.9 Å². The van der Waals surface area contributed by atoms with Crippen molar-refractivity contribution >= 4 is 5.65 Å². The van der Waals surface area contributed by atoms with Gasteiger partial charge in [0.1, 0.15) is 5.82 Å². The molecule has 0 N–H and O–H groups in total. The molecular weight excluding hydrogens is 221 g/mol. The summed E-state index contributed by atoms with van der Waals surface area (Å²) < 4.78 is 14.6. The second kappa shape index (κ2) is 3.55. The number of nitrogens with zero attached hydrogens (tertiary/aromatic N) is 3. The first-order valence-corrected chi connectivity index (χ1v) is 5.02. The molecule has 0 aliphatic heterocycles. The SMILES string of the molecule is [O-]c1ccn2nc(-c3cccc(F)c3)cc2n1. The van der Waals surface area contributed by atoms with Gasteiger partial charge in [-0.25, -0.2) is 13.9 Å². The minimum atomic E-state index is -0.322. The highest BCUT2D eigenvalue weighted by atomic mass is 19.1. The van der Waals surface area contributed by atoms with Gasteiger partial charge in [0.2, 0.25) is 0 Å². The predicted molar refractivity (Wildman–Crippen MR) is 57.8 cm³/mol. The van der Waals surface area contributed by atoms with E-state index in [1.807, 2.05) is 0 Å². The van der Waals surface area contributed by atoms with E-state index in [2.05, 4.69) is 10.1 Å². The Bertz CT molecular complexity index is 693. The van der Waals surface area contributed by atoms with Crippen LogP contribution in [-0.4, -0.2) is 14.6 Å². The maximum absolute atomic E-state index is 13.1. The van der Waals surface area contributed by atoms with Gasteiger partial charge in [-0.05, 0) is 24.1 Å². The largest absolute Gasteiger partial charge is 0.859 e. The molecule has 3 aromatic rings. The lowest BCUT2D eigenvalue weighted by atomic mass is 10.1. The lowest BCUT2D eigenvalue weighted by molar-refractivity contribution is -0.274. The first kappa shape index (κ1) is 9.77. The summed E-state index contributed by atoms with van der Waals surface area (Å²) in [4.78, 5) is 3.80. The summed E-state index contributed by atoms with van der Waals surface area (Å²) in [5, 5.41) is 15.3. The molecular formula is C12H7FN3O-. The maximum atomic E-state index is 13.1. The zero-order chi connectivity index (χ0) is 11.8. The fourth-order valence-electron chi connectivity index (χ4n) is 1.65. The quantitative estimate of drug-likeness (QED) is 0.635. The molecule has 0 unspecified atom stereocenters. The van der Waals surface area contributed by atoms with Crippen molar-refractivity contribution in [2.45, 2.75) is 0 Å². The van der Waals surface area contributed by atoms with Crippen LogP contribution in [-0.2, 0) is 0 Å². The molecule has 2 heterocycles. The van der Waals surface area contributed by atoms with E-state index < -0.39 is 0 Å². The normalized spacial score (nSPS) is 10.9. The fraction of sp³-hybridized carbons (Fsp3) is 0. The van der Waals surface area contributed by atoms with Gasteiger partial charge in [-0.2, -0.15) is 5.10 Å². The molecule has 0 spiro atoms. The molecule has 0 fully saturated rings. The smallest absolute Gasteiger partial charge is 0.154 e. The Morgan fingerprint density at radius 2 is 2.06 bits per heavy atom. The van der Waals surface area contributed by atoms with Gasteiger partial charge in [0.05, 0.1) is 5.69 Å². The van der Waals surface area contributed by atoms with E-state index in [9.17, 15) is 9.50 Å². The second-order valence-corrected chi connectivity index (χ2v) is 3.61. The van der Waals surface area contributed by atoms with E-state index in [0.717, 1.165) is 0 Å². The highest BCUT2D eigenvalue weighted by Crippen LogP contribution is 2.20. The van der Waals surface area contributed by atoms with Crippen LogP contribution in [0.2, 0.25) is 0 Å². The Labute approximate surface area is 96.0 Å². The molecule has 0 aliphatic carbocycles. The molecule has 0 bridgehead atoms. The molecule has 0 aliphatic rings. The van der Waals surface area contributed by atoms with Gasteiger partial charge in [-0.3, -0.25) is 0 Å². The van der Waals surface area contributed by atoms with Crippen LogP contribution in [0.5, 0.6) is 5.88 Å². The van der Waals surface area contributed by atoms with Crippen LogP contribution in [0, 0.1) is 5.82 Å². The molecule has 0 radical (unpaired) electrons. The van der Waals surface area contributed by atoms with Crippen LogP contribution in [0.1, 0.15) is 0 Å². The Morgan fingerprint density at radius 3 is 2.88 bits per heavy atom. The van der Waals surface area contributed by atoms with Crippen molar-refractivity contribution in [3.63, 3.8) is 0 Å². The summed E-state index contributed by atoms with van der Waals surface area (Å²) in [7, 11) is 0. The highest BCUT2D eigenvalue weighted by molar-refractivity contribution is 5.64. The Morgan fingerprint density at radius 1 is 1.18 bits per heavy atom. The molecule has 0 amide bonds. The standard InChI is InChI=1S/C12H8FN3O/c13-9-3-1-2-8(6-9)10-7-11-14-12(17)4-5-16(11)15-10/h1-7H,(H,14,17)/p-1. The monoisotopic (exact) mass is 228 g/mol. The van der Waals surface area contributed by atoms with Crippen LogP contribution in [0.4, 0.5) is 4.39 Å². The average molecular weight is 228 g/mol. The summed E-state index contributed by atoms with van der Waals surface area (Å²) >= 11 is 0. The number of rotatable bonds is 1. The topological polar surface area (TPSA) is 53.2 Å². The predicted octanol–water partition coefficient (Wildman–Crippen LogP) is 1.61. The molecule has 5 heteroatoms. The van der Waals surface area contributed by atoms with Crippen molar-refractivity contribution in [1.82, 2.24) is 14.6 Å². The van der Waals surface area contributed by atoms with Crippen LogP contribution < -0.4 is 5.11 Å². The van der Waals surface area contributed by atoms with Crippen molar-refractivity contribution in [1.29, 1.82) is 0 Å². The van der Waals surface area contributed by atoms with Crippen molar-refractivity contribution in [3.05, 3.63) is 48.4 Å². The highest BCUT2D eigenvalue weighted by Gasteiger charge is 2.05. The van der Waals surface area contributed by atoms with Gasteiger partial charge >= 0.3 is 0 Å². The van der Waals surface area contributed by atoms with Crippen molar-refractivity contribution in [3.8, 4) is 17.1 Å². The van der Waals surface area contributed by atoms with Gasteiger partial charge in [0, 0.05) is 17.8 Å². The summed E-state index contributed by atoms with van der Waals surface area (Å²) in [6.07, 6.45) is 1.54. The number of hydrogen-bond acceptors (Lipinski definition) is 3. The van der Waals surface area contributed by atoms with Gasteiger partial charge in [0.25, 0.3) is 0 Å². The summed E-state index contributed by atoms with van der Waals surface area (Å²) in [5.74, 6) is -0.639. The van der Waals surface area contributed by atoms with E-state index >= 15 is 0 Å². The van der Waals surface area contributed by atoms with Crippen molar-refractivity contribution in [2.75, 3.05) is 0 Å². The Hall–Kier alpha value is -2.43. The lowest BCUT2D eigenvalue weighted by Crippen LogP contribution is -1.96. The summed E-state index contributed by atoms with van der Waals surface area (Å²) in [6, 6.07) is 9.10. The minimum Gasteiger partial charge on any atom is -0.859 e. The summed E-state index contributed by atoms with van der Waals surface area (Å²) in [6.45, 7) is 0. The molecule has 4 nitrogen and oxygen atoms in total. The van der Waals surface area contributed by atoms with E-state index in [-0.39, 0.29) is 11.7 Å². The third-order valence-electron chi connectivity index (χ3n) is 2.42. The lowest BCUT2D eigenvalue weighted by Gasteiger charge is -2.01. The number of hydrogen-bond donors (Lipinski definition) is 0. The molecule has 0 saturated heterocycles. The van der Waals surface area contributed by atoms with Gasteiger partial charge in [-0.15, -0.1) is 0 Å². The third kappa shape index (κ3) is 1.71. The van der Waals surface area contributed by atoms with E-state index in [1.54, 1.807) is 18.2 Å². The number of halogens is 1. The molecule has 0 saturated carbocycles. The van der Waals surface area contributed by atoms with Gasteiger partial charge in [-0.1, -0.05) is 12.1 Å². The minimum absolute atomic E-state index is 0.316. The van der Waals surface area contributed by atoms with Gasteiger partial charge in [0.15, 0.2) is 5.65 Å². The molecule has 2 aromatic heterocycles. The number of benzene rings is 1. The summed E-state index contributed by atoms with van der Waals surface area (Å²) in [5.41, 5.74) is 1.70. The molecule has 84 valence electrons. The molecule has 0 atom stereocenters. The second-order valence-electron chi connectivity index (χ2n) is 3.61. The molecule has 17 heavy (non-hydrogen) atoms. The number of fused-ring (bicyclic) bond motifs is 1. The first-order chi connectivity index (χ1) is 8.22. The maximum Gasteiger partial charge on any atom is 0.154 e. The average Bonchev–Trinajstić information content (AvgIpc) is 2.72. The molecule has 1 aromatic carbocycles. The Balaban J connectivity index is 2.18. The zero-order valence-corrected chi connectivity index (χ0v) is 8.67. The van der Waals surface area contributed by atoms with Crippen molar-refractivity contribution < 1.29 is 9.50 Å². The van der Waals surface area contributed by atoms with Crippen LogP contribution in [0.15, 0.2) is 42.6 Å².